The third-order valence-corrected chi connectivity index (χ3v) is 23.2. The van der Waals surface area contributed by atoms with E-state index in [9.17, 15) is 71.4 Å². The summed E-state index contributed by atoms with van der Waals surface area (Å²) in [6.45, 7) is 14.1. The topological polar surface area (TPSA) is 403 Å². The number of amides is 2. The van der Waals surface area contributed by atoms with Gasteiger partial charge < -0.3 is 35.8 Å². The number of unbranched alkanes of at least 4 members (excludes halogenated alkanes) is 5. The predicted octanol–water partition coefficient (Wildman–Crippen LogP) is 11.4. The summed E-state index contributed by atoms with van der Waals surface area (Å²) in [7, 11) is -20.2. The van der Waals surface area contributed by atoms with Crippen LogP contribution in [0.3, 0.4) is 0 Å². The predicted molar refractivity (Wildman–Crippen MR) is 387 cm³/mol. The lowest BCUT2D eigenvalue weighted by molar-refractivity contribution is -0.137. The van der Waals surface area contributed by atoms with Crippen molar-refractivity contribution in [3.63, 3.8) is 0 Å². The number of likely N-dealkylation sites (N-methyl/N-ethyl adjacent to an activating group) is 2. The third-order valence-electron chi connectivity index (χ3n) is 19.8. The lowest BCUT2D eigenvalue weighted by Crippen LogP contribution is -2.53. The molecule has 544 valence electrons. The Hall–Kier alpha value is -8.43. The molecule has 0 aliphatic carbocycles. The van der Waals surface area contributed by atoms with Crippen molar-refractivity contribution in [2.75, 3.05) is 36.4 Å². The largest absolute Gasteiger partial charge is 0.627 e. The Morgan fingerprint density at radius 2 is 1.38 bits per heavy atom. The molecule has 0 saturated heterocycles. The van der Waals surface area contributed by atoms with Crippen LogP contribution in [0.15, 0.2) is 135 Å². The zero-order valence-corrected chi connectivity index (χ0v) is 61.0. The molecule has 0 fully saturated rings. The second-order valence-electron chi connectivity index (χ2n) is 27.3. The van der Waals surface area contributed by atoms with Crippen LogP contribution in [0.25, 0.3) is 27.1 Å². The van der Waals surface area contributed by atoms with E-state index < -0.39 is 93.4 Å². The van der Waals surface area contributed by atoms with Crippen molar-refractivity contribution in [1.29, 1.82) is 0 Å². The quantitative estimate of drug-likeness (QED) is 0.00710. The highest BCUT2D eigenvalue weighted by Crippen LogP contribution is 2.55. The normalized spacial score (nSPS) is 18.1. The van der Waals surface area contributed by atoms with Crippen LogP contribution in [0.4, 0.5) is 17.2 Å². The van der Waals surface area contributed by atoms with Crippen LogP contribution in [0.5, 0.6) is 0 Å². The summed E-state index contributed by atoms with van der Waals surface area (Å²) >= 11 is 0. The van der Waals surface area contributed by atoms with E-state index in [1.807, 2.05) is 25.7 Å². The molecule has 0 radical (unpaired) electrons. The third kappa shape index (κ3) is 16.3. The number of hydroxylamine groups is 2. The van der Waals surface area contributed by atoms with Crippen molar-refractivity contribution in [2.24, 2.45) is 0 Å². The van der Waals surface area contributed by atoms with Crippen molar-refractivity contribution in [2.45, 2.75) is 181 Å². The monoisotopic (exact) mass is 1480 g/mol. The van der Waals surface area contributed by atoms with Gasteiger partial charge in [0, 0.05) is 102 Å². The molecule has 0 spiro atoms. The van der Waals surface area contributed by atoms with Gasteiger partial charge in [0.1, 0.15) is 33.2 Å². The molecule has 102 heavy (non-hydrogen) atoms. The summed E-state index contributed by atoms with van der Waals surface area (Å²) in [4.78, 5) is 55.7. The number of benzene rings is 4. The summed E-state index contributed by atoms with van der Waals surface area (Å²) < 4.78 is 142. The number of aromatic nitrogens is 4. The summed E-state index contributed by atoms with van der Waals surface area (Å²) in [5.41, 5.74) is 4.48. The fourth-order valence-electron chi connectivity index (χ4n) is 14.7. The summed E-state index contributed by atoms with van der Waals surface area (Å²) in [6, 6.07) is 13.6. The van der Waals surface area contributed by atoms with Crippen LogP contribution < -0.4 is 25.5 Å². The molecule has 8 N–H and O–H groups in total. The molecule has 2 amide bonds. The first-order valence-electron chi connectivity index (χ1n) is 33.8. The average molecular weight is 1480 g/mol. The minimum atomic E-state index is -5.09. The van der Waals surface area contributed by atoms with Gasteiger partial charge in [-0.05, 0) is 185 Å². The number of rotatable bonds is 29. The van der Waals surface area contributed by atoms with Crippen molar-refractivity contribution < 1.29 is 71.4 Å². The van der Waals surface area contributed by atoms with Crippen LogP contribution in [-0.2, 0) is 80.3 Å². The molecular formula is C72H85N9O17S4. The summed E-state index contributed by atoms with van der Waals surface area (Å²) in [6.07, 6.45) is 20.5. The highest BCUT2D eigenvalue weighted by molar-refractivity contribution is 7.87. The number of pyridine rings is 2. The summed E-state index contributed by atoms with van der Waals surface area (Å²) in [5, 5.41) is 34.6. The molecule has 2 unspecified atom stereocenters. The highest BCUT2D eigenvalue weighted by Gasteiger charge is 2.53. The van der Waals surface area contributed by atoms with E-state index >= 15 is 5.21 Å². The number of hydrogen-bond acceptors (Lipinski definition) is 18. The lowest BCUT2D eigenvalue weighted by Gasteiger charge is -2.45. The van der Waals surface area contributed by atoms with Crippen molar-refractivity contribution in [3.8, 4) is 0 Å². The average Bonchev–Trinajstić information content (AvgIpc) is 1.54. The van der Waals surface area contributed by atoms with E-state index in [1.54, 1.807) is 82.6 Å². The van der Waals surface area contributed by atoms with Gasteiger partial charge in [-0.25, -0.2) is 15.0 Å². The fraction of sp³-hybridized carbons (Fsp3) is 0.403. The maximum absolute atomic E-state index is 15.6. The van der Waals surface area contributed by atoms with E-state index in [0.717, 1.165) is 91.8 Å². The van der Waals surface area contributed by atoms with Gasteiger partial charge in [-0.3, -0.25) is 37.6 Å². The molecule has 6 heterocycles. The second-order valence-corrected chi connectivity index (χ2v) is 32.9. The molecule has 3 aliphatic rings. The van der Waals surface area contributed by atoms with Crippen LogP contribution >= 0.6 is 0 Å². The number of aliphatic carboxylic acids is 1. The minimum absolute atomic E-state index is 0.00808. The Balaban J connectivity index is 0.848. The zero-order chi connectivity index (χ0) is 74.1. The number of nitrogens with zero attached hydrogens (tertiary/aromatic N) is 6. The van der Waals surface area contributed by atoms with Gasteiger partial charge in [-0.2, -0.15) is 33.7 Å². The Labute approximate surface area is 594 Å². The van der Waals surface area contributed by atoms with Crippen LogP contribution in [0.2, 0.25) is 0 Å². The number of quaternary nitrogens is 1. The maximum Gasteiger partial charge on any atom is 0.303 e. The first-order chi connectivity index (χ1) is 48.0. The Morgan fingerprint density at radius 1 is 0.745 bits per heavy atom. The smallest absolute Gasteiger partial charge is 0.303 e. The Morgan fingerprint density at radius 3 is 1.99 bits per heavy atom. The van der Waals surface area contributed by atoms with E-state index in [1.165, 1.54) is 24.4 Å². The number of allylic oxidation sites excluding steroid dienone is 5. The maximum atomic E-state index is 15.6. The SMILES string of the molecule is CCN1/C(=C/C=C(/C=C/C2C(C)(C)c3c(ccc4c(S(=O)(=O)O)cc(S(=O)(=O)O)cc34)[N+]2([O-])CC)c2ccc(C(=O)NCCCCCC(=O)NCc3cc4c(nc3CCCCCC[C@@H](CC(=O)O)c3cnc(C)nc3)NCCC4)cn2)C(C)(C)c2c1ccc1c(S(=O)(=O)O)cc(S(=O)(=O)O)cc21. The fourth-order valence-corrected chi connectivity index (χ4v) is 17.4. The molecular weight excluding hydrogens is 1390 g/mol. The highest BCUT2D eigenvalue weighted by atomic mass is 32.2. The number of carbonyl (C=O) groups excluding carboxylic acids is 2. The molecule has 3 aromatic heterocycles. The first-order valence-corrected chi connectivity index (χ1v) is 39.6. The molecule has 30 heteroatoms. The minimum Gasteiger partial charge on any atom is -0.627 e. The van der Waals surface area contributed by atoms with Crippen molar-refractivity contribution in [1.82, 2.24) is 35.2 Å². The van der Waals surface area contributed by atoms with Crippen LogP contribution in [-0.4, -0.2) is 127 Å². The van der Waals surface area contributed by atoms with E-state index in [-0.39, 0.29) is 76.1 Å². The van der Waals surface area contributed by atoms with Gasteiger partial charge in [0.05, 0.1) is 39.4 Å². The molecule has 0 saturated carbocycles. The van der Waals surface area contributed by atoms with Crippen molar-refractivity contribution >= 4 is 103 Å². The number of carboxylic acids is 1. The molecule has 26 nitrogen and oxygen atoms in total. The molecule has 7 aromatic rings. The Bertz CT molecular complexity index is 5030. The zero-order valence-electron chi connectivity index (χ0n) is 57.7. The number of nitrogens with one attached hydrogen (secondary N) is 3. The summed E-state index contributed by atoms with van der Waals surface area (Å²) in [5.74, 6) is -0.0491. The van der Waals surface area contributed by atoms with Crippen molar-refractivity contribution in [3.05, 3.63) is 171 Å². The molecule has 0 bridgehead atoms. The second kappa shape index (κ2) is 30.1. The molecule has 3 aliphatic heterocycles. The van der Waals surface area contributed by atoms with Gasteiger partial charge in [0.15, 0.2) is 0 Å². The van der Waals surface area contributed by atoms with E-state index in [0.29, 0.717) is 84.9 Å². The van der Waals surface area contributed by atoms with Crippen LogP contribution in [0.1, 0.15) is 173 Å². The first kappa shape index (κ1) is 76.2. The van der Waals surface area contributed by atoms with Gasteiger partial charge in [-0.15, -0.1) is 0 Å². The number of aryl methyl sites for hydroxylation is 3. The van der Waals surface area contributed by atoms with Gasteiger partial charge in [0.25, 0.3) is 46.4 Å². The van der Waals surface area contributed by atoms with Crippen LogP contribution in [0, 0.1) is 12.1 Å². The number of fused-ring (bicyclic) bond motifs is 7. The standard InChI is InChI=1S/C72H85N9O17S4/c1-8-80-59-28-25-53-55(36-51(99(87,88)89)38-61(53)101(93,94)95)67(59)71(4,5)63(80)30-23-45(24-31-64-72(6,7)68-56-37-52(100(90,91)92)39-62(102(96,97)98)54(56)26-29-60(68)81(64,86)9-2)57-27-22-48(40-77-57)70(85)74-32-16-12-15-21-65(82)78-41-49-34-47-19-17-33-73-69(47)79-58(49)20-14-11-10-13-18-46(35-66(83)84)50-42-75-44(3)76-43-50/h22-31,34,36-40,42-43,46,64H,8-21,32-33,35,41H2,1-7H3,(H,73,79)(H,74,85)(H,78,82)(H,83,84)(H,87,88,89)(H,90,91,92)(H,93,94,95)(H,96,97,98)/b31-24+,45-23-,63-30+/t46-,64?,81?/m0/s1. The molecule has 4 aromatic carbocycles. The number of carboxylic acid groups (broad SMARTS) is 1. The van der Waals surface area contributed by atoms with Gasteiger partial charge in [-0.1, -0.05) is 57.7 Å². The number of hydrogen-bond donors (Lipinski definition) is 8. The molecule has 10 rings (SSSR count). The van der Waals surface area contributed by atoms with E-state index in [2.05, 4.69) is 32.0 Å². The van der Waals surface area contributed by atoms with Gasteiger partial charge >= 0.3 is 5.97 Å². The number of anilines is 2. The Kier molecular flexibility index (Phi) is 22.5. The van der Waals surface area contributed by atoms with E-state index in [4.69, 9.17) is 9.97 Å². The lowest BCUT2D eigenvalue weighted by atomic mass is 9.78. The molecule has 3 atom stereocenters. The van der Waals surface area contributed by atoms with Gasteiger partial charge in [0.2, 0.25) is 5.91 Å². The number of carbonyl (C=O) groups is 3.